The minimum atomic E-state index is -0.114. The van der Waals surface area contributed by atoms with Crippen molar-refractivity contribution in [3.63, 3.8) is 0 Å². The lowest BCUT2D eigenvalue weighted by Crippen LogP contribution is -2.47. The highest BCUT2D eigenvalue weighted by Crippen LogP contribution is 2.30. The number of carbonyl (C=O) groups excluding carboxylic acids is 2. The second kappa shape index (κ2) is 9.35. The maximum Gasteiger partial charge on any atom is 0.251 e. The molecule has 1 aromatic carbocycles. The molecule has 0 radical (unpaired) electrons. The third kappa shape index (κ3) is 5.43. The average Bonchev–Trinajstić information content (AvgIpc) is 3.46. The summed E-state index contributed by atoms with van der Waals surface area (Å²) < 4.78 is 5.39. The molecule has 1 aliphatic carbocycles. The van der Waals surface area contributed by atoms with Gasteiger partial charge in [0.1, 0.15) is 0 Å². The highest BCUT2D eigenvalue weighted by atomic mass is 35.5. The first kappa shape index (κ1) is 20.7. The summed E-state index contributed by atoms with van der Waals surface area (Å²) >= 11 is 0. The minimum absolute atomic E-state index is 0. The molecule has 0 spiro atoms. The van der Waals surface area contributed by atoms with Crippen LogP contribution in [0.3, 0.4) is 0 Å². The molecule has 3 N–H and O–H groups in total. The van der Waals surface area contributed by atoms with E-state index in [1.54, 1.807) is 25.3 Å². The summed E-state index contributed by atoms with van der Waals surface area (Å²) in [5.41, 5.74) is 1.24. The quantitative estimate of drug-likeness (QED) is 0.676. The molecule has 0 aromatic heterocycles. The van der Waals surface area contributed by atoms with Crippen molar-refractivity contribution in [3.8, 4) is 0 Å². The van der Waals surface area contributed by atoms with Crippen LogP contribution >= 0.6 is 12.4 Å². The van der Waals surface area contributed by atoms with Gasteiger partial charge < -0.3 is 20.7 Å². The summed E-state index contributed by atoms with van der Waals surface area (Å²) in [4.78, 5) is 24.4. The van der Waals surface area contributed by atoms with Crippen LogP contribution < -0.4 is 16.0 Å². The lowest BCUT2D eigenvalue weighted by molar-refractivity contribution is -0.117. The van der Waals surface area contributed by atoms with Gasteiger partial charge in [0.05, 0.1) is 6.61 Å². The predicted octanol–water partition coefficient (Wildman–Crippen LogP) is 2.20. The Morgan fingerprint density at radius 2 is 2.00 bits per heavy atom. The van der Waals surface area contributed by atoms with E-state index in [9.17, 15) is 9.59 Å². The van der Waals surface area contributed by atoms with E-state index in [2.05, 4.69) is 16.0 Å². The van der Waals surface area contributed by atoms with Gasteiger partial charge in [0.15, 0.2) is 0 Å². The Morgan fingerprint density at radius 1 is 1.27 bits per heavy atom. The normalized spacial score (nSPS) is 18.5. The fourth-order valence-electron chi connectivity index (χ4n) is 3.33. The monoisotopic (exact) mass is 381 g/mol. The number of amides is 2. The SMILES string of the molecule is COCC1(CNC(=O)c2cccc(NC(=O)C3CC3)c2)CCNCC1.Cl. The van der Waals surface area contributed by atoms with E-state index in [0.717, 1.165) is 38.8 Å². The molecule has 0 atom stereocenters. The number of hydrogen-bond acceptors (Lipinski definition) is 4. The molecule has 2 aliphatic rings. The van der Waals surface area contributed by atoms with Crippen molar-refractivity contribution in [2.24, 2.45) is 11.3 Å². The lowest BCUT2D eigenvalue weighted by Gasteiger charge is -2.37. The van der Waals surface area contributed by atoms with Gasteiger partial charge >= 0.3 is 0 Å². The number of hydrogen-bond donors (Lipinski definition) is 3. The summed E-state index contributed by atoms with van der Waals surface area (Å²) in [6, 6.07) is 7.12. The summed E-state index contributed by atoms with van der Waals surface area (Å²) in [6.07, 6.45) is 3.89. The fraction of sp³-hybridized carbons (Fsp3) is 0.579. The van der Waals surface area contributed by atoms with Crippen molar-refractivity contribution in [2.45, 2.75) is 25.7 Å². The first-order valence-corrected chi connectivity index (χ1v) is 9.01. The van der Waals surface area contributed by atoms with E-state index in [0.29, 0.717) is 24.4 Å². The molecule has 26 heavy (non-hydrogen) atoms. The molecule has 2 fully saturated rings. The van der Waals surface area contributed by atoms with E-state index < -0.39 is 0 Å². The fourth-order valence-corrected chi connectivity index (χ4v) is 3.33. The molecule has 3 rings (SSSR count). The Hall–Kier alpha value is -1.63. The van der Waals surface area contributed by atoms with Crippen molar-refractivity contribution in [1.29, 1.82) is 0 Å². The molecule has 144 valence electrons. The van der Waals surface area contributed by atoms with Gasteiger partial charge in [-0.2, -0.15) is 0 Å². The van der Waals surface area contributed by atoms with Gasteiger partial charge in [0, 0.05) is 36.2 Å². The first-order chi connectivity index (χ1) is 12.1. The lowest BCUT2D eigenvalue weighted by atomic mass is 9.79. The Kier molecular flexibility index (Phi) is 7.43. The van der Waals surface area contributed by atoms with E-state index >= 15 is 0 Å². The standard InChI is InChI=1S/C19H27N3O3.ClH/c1-25-13-19(7-9-20-10-8-19)12-21-17(23)15-3-2-4-16(11-15)22-18(24)14-5-6-14;/h2-4,11,14,20H,5-10,12-13H2,1H3,(H,21,23)(H,22,24);1H. The summed E-state index contributed by atoms with van der Waals surface area (Å²) in [6.45, 7) is 3.14. The van der Waals surface area contributed by atoms with Crippen LogP contribution in [0, 0.1) is 11.3 Å². The molecule has 1 saturated heterocycles. The van der Waals surface area contributed by atoms with Gasteiger partial charge in [0.25, 0.3) is 5.91 Å². The van der Waals surface area contributed by atoms with Crippen LogP contribution in [0.25, 0.3) is 0 Å². The van der Waals surface area contributed by atoms with Crippen LogP contribution in [0.5, 0.6) is 0 Å². The zero-order valence-electron chi connectivity index (χ0n) is 15.2. The summed E-state index contributed by atoms with van der Waals surface area (Å²) in [7, 11) is 1.71. The molecule has 0 bridgehead atoms. The minimum Gasteiger partial charge on any atom is -0.384 e. The van der Waals surface area contributed by atoms with Crippen molar-refractivity contribution >= 4 is 29.9 Å². The Morgan fingerprint density at radius 3 is 2.65 bits per heavy atom. The number of carbonyl (C=O) groups is 2. The molecule has 7 heteroatoms. The number of nitrogens with one attached hydrogen (secondary N) is 3. The van der Waals surface area contributed by atoms with Gasteiger partial charge in [-0.3, -0.25) is 9.59 Å². The van der Waals surface area contributed by atoms with E-state index in [-0.39, 0.29) is 35.6 Å². The molecule has 2 amide bonds. The number of piperidine rings is 1. The van der Waals surface area contributed by atoms with Crippen LogP contribution in [-0.2, 0) is 9.53 Å². The second-order valence-corrected chi connectivity index (χ2v) is 7.21. The van der Waals surface area contributed by atoms with E-state index in [4.69, 9.17) is 4.74 Å². The zero-order valence-corrected chi connectivity index (χ0v) is 16.0. The van der Waals surface area contributed by atoms with Gasteiger partial charge in [-0.05, 0) is 57.0 Å². The molecular formula is C19H28ClN3O3. The summed E-state index contributed by atoms with van der Waals surface area (Å²) in [5.74, 6) is 0.0779. The number of halogens is 1. The second-order valence-electron chi connectivity index (χ2n) is 7.21. The van der Waals surface area contributed by atoms with Crippen molar-refractivity contribution in [3.05, 3.63) is 29.8 Å². The number of benzene rings is 1. The molecule has 0 unspecified atom stereocenters. The largest absolute Gasteiger partial charge is 0.384 e. The highest BCUT2D eigenvalue weighted by molar-refractivity contribution is 5.98. The topological polar surface area (TPSA) is 79.5 Å². The first-order valence-electron chi connectivity index (χ1n) is 9.01. The van der Waals surface area contributed by atoms with Crippen molar-refractivity contribution < 1.29 is 14.3 Å². The Bertz CT molecular complexity index is 623. The number of methoxy groups -OCH3 is 1. The van der Waals surface area contributed by atoms with Crippen molar-refractivity contribution in [2.75, 3.05) is 38.7 Å². The van der Waals surface area contributed by atoms with Crippen LogP contribution in [0.1, 0.15) is 36.0 Å². The van der Waals surface area contributed by atoms with Gasteiger partial charge in [-0.15, -0.1) is 12.4 Å². The van der Waals surface area contributed by atoms with Gasteiger partial charge in [-0.1, -0.05) is 6.07 Å². The maximum atomic E-state index is 12.5. The van der Waals surface area contributed by atoms with Crippen molar-refractivity contribution in [1.82, 2.24) is 10.6 Å². The van der Waals surface area contributed by atoms with Gasteiger partial charge in [-0.25, -0.2) is 0 Å². The maximum absolute atomic E-state index is 12.5. The zero-order chi connectivity index (χ0) is 17.7. The predicted molar refractivity (Wildman–Crippen MR) is 104 cm³/mol. The van der Waals surface area contributed by atoms with Crippen LogP contribution in [0.15, 0.2) is 24.3 Å². The molecular weight excluding hydrogens is 354 g/mol. The Labute approximate surface area is 160 Å². The van der Waals surface area contributed by atoms with Crippen LogP contribution in [-0.4, -0.2) is 45.2 Å². The Balaban J connectivity index is 0.00000243. The number of ether oxygens (including phenoxy) is 1. The molecule has 1 aliphatic heterocycles. The third-order valence-corrected chi connectivity index (χ3v) is 5.08. The molecule has 1 saturated carbocycles. The third-order valence-electron chi connectivity index (χ3n) is 5.08. The summed E-state index contributed by atoms with van der Waals surface area (Å²) in [5, 5.41) is 9.28. The molecule has 6 nitrogen and oxygen atoms in total. The van der Waals surface area contributed by atoms with E-state index in [1.807, 2.05) is 6.07 Å². The average molecular weight is 382 g/mol. The molecule has 1 heterocycles. The van der Waals surface area contributed by atoms with Crippen LogP contribution in [0.2, 0.25) is 0 Å². The van der Waals surface area contributed by atoms with E-state index in [1.165, 1.54) is 0 Å². The number of rotatable bonds is 7. The number of anilines is 1. The highest BCUT2D eigenvalue weighted by Gasteiger charge is 2.32. The van der Waals surface area contributed by atoms with Gasteiger partial charge in [0.2, 0.25) is 5.91 Å². The molecule has 1 aromatic rings. The van der Waals surface area contributed by atoms with Crippen LogP contribution in [0.4, 0.5) is 5.69 Å². The smallest absolute Gasteiger partial charge is 0.251 e.